The molecule has 0 saturated carbocycles. The second kappa shape index (κ2) is 9.78. The number of carbonyl (C=O) groups excluding carboxylic acids is 1. The van der Waals surface area contributed by atoms with Gasteiger partial charge in [0.25, 0.3) is 0 Å². The number of aromatic carboxylic acids is 1. The van der Waals surface area contributed by atoms with Crippen LogP contribution in [0.2, 0.25) is 0 Å². The van der Waals surface area contributed by atoms with Gasteiger partial charge in [-0.25, -0.2) is 0 Å². The third-order valence-electron chi connectivity index (χ3n) is 6.04. The summed E-state index contributed by atoms with van der Waals surface area (Å²) >= 11 is 0. The fraction of sp³-hybridized carbons (Fsp3) is 0. The Labute approximate surface area is 243 Å². The number of benzene rings is 5. The first-order chi connectivity index (χ1) is 16.0. The molecule has 6 rings (SSSR count). The monoisotopic (exact) mass is 476 g/mol. The molecule has 5 nitrogen and oxygen atoms in total. The van der Waals surface area contributed by atoms with Crippen LogP contribution in [0.3, 0.4) is 0 Å². The number of hydrogen-bond donors (Lipinski definition) is 0. The maximum absolute atomic E-state index is 12.0. The molecule has 0 bridgehead atoms. The largest absolute Gasteiger partial charge is 1.00 e. The third kappa shape index (κ3) is 4.19. The molecule has 0 spiro atoms. The molecule has 0 atom stereocenters. The molecule has 0 N–H and O–H groups in total. The maximum atomic E-state index is 12.0. The van der Waals surface area contributed by atoms with Crippen LogP contribution in [0.4, 0.5) is 0 Å². The normalized spacial score (nSPS) is 10.9. The van der Waals surface area contributed by atoms with Gasteiger partial charge in [-0.05, 0) is 46.7 Å². The van der Waals surface area contributed by atoms with Gasteiger partial charge in [0, 0.05) is 32.7 Å². The summed E-state index contributed by atoms with van der Waals surface area (Å²) in [4.78, 5) is 23.9. The molecule has 7 heteroatoms. The van der Waals surface area contributed by atoms with Crippen LogP contribution in [-0.4, -0.2) is 5.97 Å². The molecule has 0 radical (unpaired) electrons. The van der Waals surface area contributed by atoms with E-state index in [2.05, 4.69) is 0 Å². The van der Waals surface area contributed by atoms with Gasteiger partial charge in [-0.3, -0.25) is 4.79 Å². The molecule has 0 aliphatic carbocycles. The Kier molecular flexibility index (Phi) is 7.11. The van der Waals surface area contributed by atoms with E-state index in [-0.39, 0.29) is 75.9 Å². The summed E-state index contributed by atoms with van der Waals surface area (Å²) in [6.45, 7) is 0. The number of carbonyl (C=O) groups is 1. The molecule has 0 unspecified atom stereocenters. The van der Waals surface area contributed by atoms with Gasteiger partial charge >= 0.3 is 59.1 Å². The van der Waals surface area contributed by atoms with E-state index in [9.17, 15) is 19.8 Å². The van der Waals surface area contributed by atoms with Crippen LogP contribution in [0.5, 0.6) is 5.75 Å². The molecule has 0 amide bonds. The number of carboxylic acids is 1. The van der Waals surface area contributed by atoms with E-state index in [0.29, 0.717) is 33.1 Å². The fourth-order valence-electron chi connectivity index (χ4n) is 4.59. The van der Waals surface area contributed by atoms with Crippen molar-refractivity contribution in [2.24, 2.45) is 0 Å². The molecular formula is C28H14Na2O5. The van der Waals surface area contributed by atoms with Crippen molar-refractivity contribution in [3.63, 3.8) is 0 Å². The van der Waals surface area contributed by atoms with Gasteiger partial charge in [0.15, 0.2) is 5.43 Å². The van der Waals surface area contributed by atoms with Gasteiger partial charge in [-0.1, -0.05) is 54.6 Å². The van der Waals surface area contributed by atoms with E-state index in [1.165, 1.54) is 30.3 Å². The minimum Gasteiger partial charge on any atom is -0.872 e. The number of hydrogen-bond acceptors (Lipinski definition) is 5. The van der Waals surface area contributed by atoms with Crippen molar-refractivity contribution >= 4 is 49.5 Å². The quantitative estimate of drug-likeness (QED) is 0.170. The van der Waals surface area contributed by atoms with Crippen molar-refractivity contribution in [1.29, 1.82) is 0 Å². The number of rotatable bonds is 2. The SMILES string of the molecule is O=C([O-])c1ccccc1-c1c2ccc3cc([O-])ccc3c2oc2c1ccc1cc(=O)ccc12.[Na+].[Na+]. The average molecular weight is 476 g/mol. The predicted octanol–water partition coefficient (Wildman–Crippen LogP) is -1.64. The van der Waals surface area contributed by atoms with E-state index in [1.807, 2.05) is 24.3 Å². The van der Waals surface area contributed by atoms with Gasteiger partial charge < -0.3 is 19.4 Å². The molecule has 35 heavy (non-hydrogen) atoms. The molecule has 0 aliphatic heterocycles. The zero-order valence-electron chi connectivity index (χ0n) is 19.1. The summed E-state index contributed by atoms with van der Waals surface area (Å²) in [5.74, 6) is -1.39. The Morgan fingerprint density at radius 2 is 1.26 bits per heavy atom. The van der Waals surface area contributed by atoms with Crippen LogP contribution in [0.25, 0.3) is 54.6 Å². The Balaban J connectivity index is 0.00000144. The average Bonchev–Trinajstić information content (AvgIpc) is 2.82. The zero-order valence-corrected chi connectivity index (χ0v) is 23.1. The minimum atomic E-state index is -1.28. The van der Waals surface area contributed by atoms with Crippen LogP contribution < -0.4 is 74.8 Å². The summed E-state index contributed by atoms with van der Waals surface area (Å²) in [5, 5.41) is 28.2. The second-order valence-electron chi connectivity index (χ2n) is 7.96. The van der Waals surface area contributed by atoms with Crippen molar-refractivity contribution in [2.45, 2.75) is 0 Å². The van der Waals surface area contributed by atoms with Crippen molar-refractivity contribution in [2.75, 3.05) is 0 Å². The van der Waals surface area contributed by atoms with E-state index >= 15 is 0 Å². The Bertz CT molecular complexity index is 1840. The van der Waals surface area contributed by atoms with Crippen molar-refractivity contribution in [1.82, 2.24) is 0 Å². The fourth-order valence-corrected chi connectivity index (χ4v) is 4.59. The molecule has 0 fully saturated rings. The second-order valence-corrected chi connectivity index (χ2v) is 7.96. The standard InChI is InChI=1S/C28H16O5.2Na/c29-17-7-11-19-15(13-17)5-9-23-25(21-3-1-2-4-22(21)28(31)32)24-10-6-16-14-18(30)8-12-20(16)27(24)33-26(19)23;;/h1-14,29H,(H,31,32);;/q;2*+1/p-2. The van der Waals surface area contributed by atoms with E-state index in [0.717, 1.165) is 21.5 Å². The first kappa shape index (κ1) is 25.5. The Hall–Kier alpha value is -2.64. The Morgan fingerprint density at radius 3 is 1.91 bits per heavy atom. The molecule has 5 aromatic carbocycles. The predicted molar refractivity (Wildman–Crippen MR) is 124 cm³/mol. The van der Waals surface area contributed by atoms with E-state index < -0.39 is 5.97 Å². The molecule has 0 aliphatic rings. The first-order valence-corrected chi connectivity index (χ1v) is 10.3. The third-order valence-corrected chi connectivity index (χ3v) is 6.04. The van der Waals surface area contributed by atoms with Gasteiger partial charge in [0.05, 0.1) is 5.97 Å². The van der Waals surface area contributed by atoms with Crippen LogP contribution in [0.1, 0.15) is 10.4 Å². The van der Waals surface area contributed by atoms with Crippen LogP contribution in [0, 0.1) is 0 Å². The van der Waals surface area contributed by atoms with Crippen molar-refractivity contribution in [3.8, 4) is 16.9 Å². The first-order valence-electron chi connectivity index (χ1n) is 10.3. The van der Waals surface area contributed by atoms with E-state index in [4.69, 9.17) is 4.42 Å². The molecule has 6 aromatic rings. The summed E-state index contributed by atoms with van der Waals surface area (Å²) in [5.41, 5.74) is 2.20. The molecular weight excluding hydrogens is 462 g/mol. The molecule has 0 saturated heterocycles. The topological polar surface area (TPSA) is 93.4 Å². The van der Waals surface area contributed by atoms with Gasteiger partial charge in [0.2, 0.25) is 0 Å². The molecule has 158 valence electrons. The van der Waals surface area contributed by atoms with Gasteiger partial charge in [-0.15, -0.1) is 5.75 Å². The molecule has 1 aromatic heterocycles. The summed E-state index contributed by atoms with van der Waals surface area (Å²) in [7, 11) is 0. The summed E-state index contributed by atoms with van der Waals surface area (Å²) in [6.07, 6.45) is 0. The van der Waals surface area contributed by atoms with Crippen LogP contribution in [-0.2, 0) is 0 Å². The van der Waals surface area contributed by atoms with Crippen molar-refractivity contribution in [3.05, 3.63) is 101 Å². The smallest absolute Gasteiger partial charge is 0.872 e. The van der Waals surface area contributed by atoms with Crippen LogP contribution in [0.15, 0.2) is 94.1 Å². The summed E-state index contributed by atoms with van der Waals surface area (Å²) < 4.78 is 6.45. The minimum absolute atomic E-state index is 0. The molecule has 1 heterocycles. The zero-order chi connectivity index (χ0) is 22.7. The summed E-state index contributed by atoms with van der Waals surface area (Å²) in [6, 6.07) is 23.5. The number of carboxylic acid groups (broad SMARTS) is 1. The van der Waals surface area contributed by atoms with Gasteiger partial charge in [0.1, 0.15) is 11.2 Å². The van der Waals surface area contributed by atoms with Crippen molar-refractivity contribution < 1.29 is 78.5 Å². The maximum Gasteiger partial charge on any atom is 1.00 e. The van der Waals surface area contributed by atoms with Gasteiger partial charge in [-0.2, -0.15) is 0 Å². The number of fused-ring (bicyclic) bond motifs is 6. The van der Waals surface area contributed by atoms with E-state index in [1.54, 1.807) is 30.3 Å². The Morgan fingerprint density at radius 1 is 0.686 bits per heavy atom. The van der Waals surface area contributed by atoms with Crippen LogP contribution >= 0.6 is 0 Å².